The van der Waals surface area contributed by atoms with Crippen LogP contribution in [0.5, 0.6) is 5.75 Å². The molecule has 0 fully saturated rings. The van der Waals surface area contributed by atoms with Crippen LogP contribution in [0.15, 0.2) is 77.5 Å². The van der Waals surface area contributed by atoms with Gasteiger partial charge in [0, 0.05) is 24.9 Å². The van der Waals surface area contributed by atoms with Crippen molar-refractivity contribution < 1.29 is 27.4 Å². The number of fused-ring (bicyclic) bond motifs is 1. The molecule has 1 aliphatic heterocycles. The molecule has 0 radical (unpaired) electrons. The molecule has 0 aromatic heterocycles. The molecule has 4 rings (SSSR count). The Bertz CT molecular complexity index is 1400. The van der Waals surface area contributed by atoms with Gasteiger partial charge < -0.3 is 20.1 Å². The monoisotopic (exact) mass is 519 g/mol. The van der Waals surface area contributed by atoms with Crippen molar-refractivity contribution >= 4 is 6.09 Å². The molecule has 1 amide bonds. The lowest BCUT2D eigenvalue weighted by Gasteiger charge is -2.45. The maximum absolute atomic E-state index is 12.9. The molecule has 0 bridgehead atoms. The van der Waals surface area contributed by atoms with Crippen LogP contribution in [0, 0.1) is 45.3 Å². The summed E-state index contributed by atoms with van der Waals surface area (Å²) in [5.74, 6) is -2.24. The Labute approximate surface area is 216 Å². The zero-order valence-corrected chi connectivity index (χ0v) is 19.8. The Morgan fingerprint density at radius 1 is 1.08 bits per heavy atom. The quantitative estimate of drug-likeness (QED) is 0.621. The van der Waals surface area contributed by atoms with Crippen LogP contribution in [0.25, 0.3) is 0 Å². The first kappa shape index (κ1) is 26.1. The molecule has 0 saturated heterocycles. The standard InChI is InChI=1S/C27H20F3N5O3/c28-27(29,30)38-19-8-6-18(7-9-19)23-22-13-35(25(36)37-14-17-4-2-1-3-5-17)11-10-20(22)21(12-31)24(34)26(23,15-32)16-33/h1-10,22-23H,11,13-14,34H2/t22-,23+/m1/s1. The van der Waals surface area contributed by atoms with Gasteiger partial charge in [0.2, 0.25) is 0 Å². The molecule has 2 aromatic rings. The molecular formula is C27H20F3N5O3. The summed E-state index contributed by atoms with van der Waals surface area (Å²) < 4.78 is 47.3. The number of halogens is 3. The highest BCUT2D eigenvalue weighted by molar-refractivity contribution is 5.69. The minimum Gasteiger partial charge on any atom is -0.445 e. The number of nitrogens with zero attached hydrogens (tertiary/aromatic N) is 4. The summed E-state index contributed by atoms with van der Waals surface area (Å²) in [4.78, 5) is 14.3. The second-order valence-electron chi connectivity index (χ2n) is 8.74. The summed E-state index contributed by atoms with van der Waals surface area (Å²) in [5.41, 5.74) is 5.51. The van der Waals surface area contributed by atoms with Crippen molar-refractivity contribution in [3.8, 4) is 24.0 Å². The van der Waals surface area contributed by atoms with Crippen molar-refractivity contribution in [2.24, 2.45) is 17.1 Å². The third-order valence-corrected chi connectivity index (χ3v) is 6.60. The van der Waals surface area contributed by atoms with E-state index < -0.39 is 35.5 Å². The van der Waals surface area contributed by atoms with Gasteiger partial charge in [0.1, 0.15) is 18.4 Å². The highest BCUT2D eigenvalue weighted by atomic mass is 19.4. The maximum atomic E-state index is 12.9. The first-order valence-corrected chi connectivity index (χ1v) is 11.4. The molecule has 8 nitrogen and oxygen atoms in total. The van der Waals surface area contributed by atoms with E-state index in [9.17, 15) is 33.8 Å². The summed E-state index contributed by atoms with van der Waals surface area (Å²) in [6, 6.07) is 19.6. The Hall–Kier alpha value is -4.95. The number of amides is 1. The third-order valence-electron chi connectivity index (χ3n) is 6.60. The fourth-order valence-corrected chi connectivity index (χ4v) is 4.89. The topological polar surface area (TPSA) is 136 Å². The van der Waals surface area contributed by atoms with E-state index in [2.05, 4.69) is 4.74 Å². The first-order chi connectivity index (χ1) is 18.1. The van der Waals surface area contributed by atoms with Crippen molar-refractivity contribution in [2.45, 2.75) is 18.9 Å². The van der Waals surface area contributed by atoms with E-state index in [4.69, 9.17) is 10.5 Å². The van der Waals surface area contributed by atoms with Crippen molar-refractivity contribution in [1.29, 1.82) is 15.8 Å². The molecule has 11 heteroatoms. The fraction of sp³-hybridized carbons (Fsp3) is 0.259. The van der Waals surface area contributed by atoms with Gasteiger partial charge in [0.25, 0.3) is 0 Å². The molecule has 2 N–H and O–H groups in total. The highest BCUT2D eigenvalue weighted by Crippen LogP contribution is 2.54. The molecule has 1 heterocycles. The number of carbonyl (C=O) groups is 1. The van der Waals surface area contributed by atoms with E-state index >= 15 is 0 Å². The van der Waals surface area contributed by atoms with Crippen LogP contribution in [0.1, 0.15) is 17.0 Å². The van der Waals surface area contributed by atoms with E-state index in [-0.39, 0.29) is 31.0 Å². The Morgan fingerprint density at radius 2 is 1.74 bits per heavy atom. The summed E-state index contributed by atoms with van der Waals surface area (Å²) >= 11 is 0. The number of hydrogen-bond acceptors (Lipinski definition) is 7. The average Bonchev–Trinajstić information content (AvgIpc) is 2.91. The lowest BCUT2D eigenvalue weighted by Crippen LogP contribution is -2.49. The minimum atomic E-state index is -4.90. The molecule has 192 valence electrons. The van der Waals surface area contributed by atoms with Crippen LogP contribution in [0.2, 0.25) is 0 Å². The second kappa shape index (κ2) is 10.2. The van der Waals surface area contributed by atoms with Crippen LogP contribution < -0.4 is 10.5 Å². The van der Waals surface area contributed by atoms with Gasteiger partial charge in [-0.15, -0.1) is 13.2 Å². The van der Waals surface area contributed by atoms with Gasteiger partial charge in [-0.25, -0.2) is 4.79 Å². The molecule has 38 heavy (non-hydrogen) atoms. The lowest BCUT2D eigenvalue weighted by atomic mass is 9.58. The second-order valence-corrected chi connectivity index (χ2v) is 8.74. The number of benzene rings is 2. The molecule has 0 saturated carbocycles. The molecule has 2 aromatic carbocycles. The number of nitriles is 3. The first-order valence-electron chi connectivity index (χ1n) is 11.4. The summed E-state index contributed by atoms with van der Waals surface area (Å²) in [5, 5.41) is 30.1. The zero-order valence-electron chi connectivity index (χ0n) is 19.8. The SMILES string of the molecule is N#CC1=C(N)C(C#N)(C#N)[C@@H](c2ccc(OC(F)(F)F)cc2)[C@@H]2CN(C(=O)OCc3ccccc3)CC=C12. The molecular weight excluding hydrogens is 499 g/mol. The molecule has 2 atom stereocenters. The molecule has 0 unspecified atom stereocenters. The van der Waals surface area contributed by atoms with Gasteiger partial charge in [0.05, 0.1) is 23.4 Å². The zero-order chi connectivity index (χ0) is 27.5. The van der Waals surface area contributed by atoms with E-state index in [1.54, 1.807) is 30.3 Å². The predicted molar refractivity (Wildman–Crippen MR) is 126 cm³/mol. The smallest absolute Gasteiger partial charge is 0.445 e. The number of rotatable bonds is 4. The number of alkyl halides is 3. The number of carbonyl (C=O) groups excluding carboxylic acids is 1. The number of ether oxygens (including phenoxy) is 2. The van der Waals surface area contributed by atoms with Gasteiger partial charge in [-0.05, 0) is 28.8 Å². The van der Waals surface area contributed by atoms with Crippen molar-refractivity contribution in [1.82, 2.24) is 4.90 Å². The summed E-state index contributed by atoms with van der Waals surface area (Å²) in [7, 11) is 0. The van der Waals surface area contributed by atoms with Crippen LogP contribution >= 0.6 is 0 Å². The summed E-state index contributed by atoms with van der Waals surface area (Å²) in [6.07, 6.45) is -3.92. The van der Waals surface area contributed by atoms with Crippen LogP contribution in [-0.4, -0.2) is 30.4 Å². The highest BCUT2D eigenvalue weighted by Gasteiger charge is 2.54. The Kier molecular flexibility index (Phi) is 7.01. The summed E-state index contributed by atoms with van der Waals surface area (Å²) in [6.45, 7) is 0.0989. The van der Waals surface area contributed by atoms with E-state index in [0.29, 0.717) is 11.1 Å². The van der Waals surface area contributed by atoms with Crippen LogP contribution in [0.3, 0.4) is 0 Å². The van der Waals surface area contributed by atoms with Crippen molar-refractivity contribution in [3.63, 3.8) is 0 Å². The van der Waals surface area contributed by atoms with Crippen molar-refractivity contribution in [3.05, 3.63) is 88.6 Å². The van der Waals surface area contributed by atoms with Gasteiger partial charge in [-0.1, -0.05) is 48.5 Å². The number of nitrogens with two attached hydrogens (primary N) is 1. The molecule has 0 spiro atoms. The van der Waals surface area contributed by atoms with Crippen molar-refractivity contribution in [2.75, 3.05) is 13.1 Å². The normalized spacial score (nSPS) is 20.2. The lowest BCUT2D eigenvalue weighted by molar-refractivity contribution is -0.274. The van der Waals surface area contributed by atoms with E-state index in [1.165, 1.54) is 17.0 Å². The van der Waals surface area contributed by atoms with Crippen LogP contribution in [0.4, 0.5) is 18.0 Å². The number of hydrogen-bond donors (Lipinski definition) is 1. The van der Waals surface area contributed by atoms with Gasteiger partial charge >= 0.3 is 12.5 Å². The van der Waals surface area contributed by atoms with E-state index in [0.717, 1.165) is 17.7 Å². The predicted octanol–water partition coefficient (Wildman–Crippen LogP) is 4.65. The van der Waals surface area contributed by atoms with Crippen LogP contribution in [-0.2, 0) is 11.3 Å². The van der Waals surface area contributed by atoms with Gasteiger partial charge in [-0.3, -0.25) is 0 Å². The van der Waals surface area contributed by atoms with Gasteiger partial charge in [-0.2, -0.15) is 15.8 Å². The Balaban J connectivity index is 1.71. The molecule has 1 aliphatic carbocycles. The number of allylic oxidation sites excluding steroid dienone is 2. The Morgan fingerprint density at radius 3 is 2.32 bits per heavy atom. The average molecular weight is 519 g/mol. The van der Waals surface area contributed by atoms with E-state index in [1.807, 2.05) is 24.3 Å². The fourth-order valence-electron chi connectivity index (χ4n) is 4.89. The third kappa shape index (κ3) is 4.85. The maximum Gasteiger partial charge on any atom is 0.573 e. The molecule has 2 aliphatic rings. The minimum absolute atomic E-state index is 0.0193. The van der Waals surface area contributed by atoms with Gasteiger partial charge in [0.15, 0.2) is 5.41 Å². The largest absolute Gasteiger partial charge is 0.573 e.